The fourth-order valence-electron chi connectivity index (χ4n) is 5.18. The minimum Gasteiger partial charge on any atom is -0.381 e. The fourth-order valence-corrected chi connectivity index (χ4v) is 5.18. The lowest BCUT2D eigenvalue weighted by Crippen LogP contribution is -2.57. The number of piperazine rings is 1. The van der Waals surface area contributed by atoms with Crippen LogP contribution in [-0.2, 0) is 18.7 Å². The van der Waals surface area contributed by atoms with Gasteiger partial charge >= 0.3 is 5.69 Å². The van der Waals surface area contributed by atoms with Gasteiger partial charge in [-0.1, -0.05) is 19.9 Å². The van der Waals surface area contributed by atoms with E-state index >= 15 is 0 Å². The second kappa shape index (κ2) is 11.3. The summed E-state index contributed by atoms with van der Waals surface area (Å²) in [4.78, 5) is 25.4. The molecule has 1 N–H and O–H groups in total. The van der Waals surface area contributed by atoms with Crippen LogP contribution in [0.15, 0.2) is 60.3 Å². The van der Waals surface area contributed by atoms with Crippen molar-refractivity contribution in [3.8, 4) is 5.69 Å². The van der Waals surface area contributed by atoms with Crippen LogP contribution in [0.1, 0.15) is 26.3 Å². The predicted octanol–water partition coefficient (Wildman–Crippen LogP) is 2.05. The number of hydrogen-bond acceptors (Lipinski definition) is 8. The average Bonchev–Trinajstić information content (AvgIpc) is 3.57. The van der Waals surface area contributed by atoms with Crippen LogP contribution in [0, 0.1) is 17.6 Å². The van der Waals surface area contributed by atoms with E-state index in [4.69, 9.17) is 0 Å². The first kappa shape index (κ1) is 27.6. The Morgan fingerprint density at radius 1 is 1.02 bits per heavy atom. The highest BCUT2D eigenvalue weighted by atomic mass is 19.1. The van der Waals surface area contributed by atoms with Gasteiger partial charge in [0.2, 0.25) is 0 Å². The summed E-state index contributed by atoms with van der Waals surface area (Å²) in [5.41, 5.74) is -1.26. The Bertz CT molecular complexity index is 1480. The minimum atomic E-state index is -1.69. The number of aromatic nitrogens is 7. The Balaban J connectivity index is 1.29. The molecule has 40 heavy (non-hydrogen) atoms. The summed E-state index contributed by atoms with van der Waals surface area (Å²) in [6, 6.07) is 6.41. The molecule has 1 fully saturated rings. The third-order valence-corrected chi connectivity index (χ3v) is 7.43. The smallest absolute Gasteiger partial charge is 0.350 e. The SMILES string of the molecule is CC(C)Cn1ncn(-c2ccc(N3CCN([C@H](C)[C@](O)(Cn4cncn4)c4ccc(F)cc4F)CC3)nc2)c1=O. The lowest BCUT2D eigenvalue weighted by molar-refractivity contribution is -0.0650. The van der Waals surface area contributed by atoms with Crippen LogP contribution in [0.3, 0.4) is 0 Å². The molecule has 1 aliphatic rings. The lowest BCUT2D eigenvalue weighted by atomic mass is 9.85. The number of benzene rings is 1. The van der Waals surface area contributed by atoms with Crippen LogP contribution in [0.2, 0.25) is 0 Å². The first-order valence-corrected chi connectivity index (χ1v) is 13.3. The third kappa shape index (κ3) is 5.52. The Hall–Kier alpha value is -3.97. The Morgan fingerprint density at radius 3 is 2.42 bits per heavy atom. The van der Waals surface area contributed by atoms with E-state index in [1.165, 1.54) is 39.0 Å². The van der Waals surface area contributed by atoms with Crippen LogP contribution in [0.5, 0.6) is 0 Å². The fraction of sp³-hybridized carbons (Fsp3) is 0.444. The molecular formula is C27H33F2N9O2. The van der Waals surface area contributed by atoms with Crippen molar-refractivity contribution in [2.24, 2.45) is 5.92 Å². The molecule has 3 aromatic heterocycles. The van der Waals surface area contributed by atoms with Crippen molar-refractivity contribution in [3.63, 3.8) is 0 Å². The summed E-state index contributed by atoms with van der Waals surface area (Å²) in [6.07, 6.45) is 5.96. The molecule has 1 saturated heterocycles. The molecule has 11 nitrogen and oxygen atoms in total. The summed E-state index contributed by atoms with van der Waals surface area (Å²) < 4.78 is 32.9. The average molecular weight is 554 g/mol. The van der Waals surface area contributed by atoms with Crippen molar-refractivity contribution in [3.05, 3.63) is 83.2 Å². The first-order valence-electron chi connectivity index (χ1n) is 13.3. The molecule has 4 heterocycles. The number of pyridine rings is 1. The van der Waals surface area contributed by atoms with Gasteiger partial charge < -0.3 is 10.0 Å². The van der Waals surface area contributed by atoms with Gasteiger partial charge in [-0.2, -0.15) is 10.2 Å². The molecule has 0 aliphatic carbocycles. The molecule has 0 radical (unpaired) electrons. The van der Waals surface area contributed by atoms with Crippen molar-refractivity contribution < 1.29 is 13.9 Å². The number of halogens is 2. The Morgan fingerprint density at radius 2 is 1.80 bits per heavy atom. The van der Waals surface area contributed by atoms with Gasteiger partial charge in [0.15, 0.2) is 0 Å². The van der Waals surface area contributed by atoms with E-state index in [-0.39, 0.29) is 17.8 Å². The summed E-state index contributed by atoms with van der Waals surface area (Å²) >= 11 is 0. The van der Waals surface area contributed by atoms with Gasteiger partial charge in [-0.3, -0.25) is 4.90 Å². The molecule has 0 spiro atoms. The van der Waals surface area contributed by atoms with Crippen LogP contribution in [0.25, 0.3) is 5.69 Å². The second-order valence-corrected chi connectivity index (χ2v) is 10.6. The van der Waals surface area contributed by atoms with E-state index in [1.54, 1.807) is 6.20 Å². The van der Waals surface area contributed by atoms with Crippen molar-refractivity contribution in [1.29, 1.82) is 0 Å². The maximum atomic E-state index is 14.9. The maximum Gasteiger partial charge on any atom is 0.350 e. The molecule has 0 bridgehead atoms. The molecule has 1 aromatic carbocycles. The van der Waals surface area contributed by atoms with Crippen molar-refractivity contribution >= 4 is 5.82 Å². The van der Waals surface area contributed by atoms with Gasteiger partial charge in [-0.15, -0.1) is 0 Å². The zero-order chi connectivity index (χ0) is 28.4. The van der Waals surface area contributed by atoms with E-state index in [0.717, 1.165) is 18.0 Å². The van der Waals surface area contributed by atoms with Crippen molar-refractivity contribution in [2.45, 2.75) is 45.5 Å². The van der Waals surface area contributed by atoms with E-state index in [1.807, 2.05) is 32.9 Å². The Labute approximate surface area is 230 Å². The zero-order valence-electron chi connectivity index (χ0n) is 22.7. The maximum absolute atomic E-state index is 14.9. The highest BCUT2D eigenvalue weighted by molar-refractivity contribution is 5.43. The van der Waals surface area contributed by atoms with E-state index in [9.17, 15) is 18.7 Å². The first-order chi connectivity index (χ1) is 19.2. The highest BCUT2D eigenvalue weighted by Gasteiger charge is 2.42. The summed E-state index contributed by atoms with van der Waals surface area (Å²) in [5, 5.41) is 20.2. The molecule has 1 aliphatic heterocycles. The molecule has 2 atom stereocenters. The molecule has 0 saturated carbocycles. The summed E-state index contributed by atoms with van der Waals surface area (Å²) in [7, 11) is 0. The number of hydrogen-bond donors (Lipinski definition) is 1. The van der Waals surface area contributed by atoms with Crippen molar-refractivity contribution in [2.75, 3.05) is 31.1 Å². The van der Waals surface area contributed by atoms with Gasteiger partial charge in [0.25, 0.3) is 0 Å². The lowest BCUT2D eigenvalue weighted by Gasteiger charge is -2.45. The predicted molar refractivity (Wildman–Crippen MR) is 144 cm³/mol. The molecular weight excluding hydrogens is 520 g/mol. The Kier molecular flexibility index (Phi) is 7.76. The molecule has 212 valence electrons. The number of nitrogens with zero attached hydrogens (tertiary/aromatic N) is 9. The van der Waals surface area contributed by atoms with Gasteiger partial charge in [0.05, 0.1) is 18.4 Å². The second-order valence-electron chi connectivity index (χ2n) is 10.6. The van der Waals surface area contributed by atoms with Crippen molar-refractivity contribution in [1.82, 2.24) is 39.0 Å². The normalized spacial score (nSPS) is 16.8. The number of anilines is 1. The molecule has 13 heteroatoms. The van der Waals surface area contributed by atoms with Crippen LogP contribution in [0.4, 0.5) is 14.6 Å². The summed E-state index contributed by atoms with van der Waals surface area (Å²) in [5.74, 6) is -0.456. The quantitative estimate of drug-likeness (QED) is 0.336. The molecule has 4 aromatic rings. The largest absolute Gasteiger partial charge is 0.381 e. The van der Waals surface area contributed by atoms with Crippen LogP contribution >= 0.6 is 0 Å². The molecule has 0 unspecified atom stereocenters. The van der Waals surface area contributed by atoms with Gasteiger partial charge in [0, 0.05) is 50.4 Å². The topological polar surface area (TPSA) is 110 Å². The third-order valence-electron chi connectivity index (χ3n) is 7.43. The van der Waals surface area contributed by atoms with Gasteiger partial charge in [0.1, 0.15) is 42.0 Å². The minimum absolute atomic E-state index is 0.00328. The number of rotatable bonds is 9. The van der Waals surface area contributed by atoms with Crippen LogP contribution in [-0.4, -0.2) is 76.3 Å². The molecule has 0 amide bonds. The molecule has 5 rings (SSSR count). The summed E-state index contributed by atoms with van der Waals surface area (Å²) in [6.45, 7) is 8.78. The van der Waals surface area contributed by atoms with E-state index in [0.29, 0.717) is 44.3 Å². The number of aliphatic hydroxyl groups is 1. The van der Waals surface area contributed by atoms with Crippen LogP contribution < -0.4 is 10.6 Å². The zero-order valence-corrected chi connectivity index (χ0v) is 22.7. The standard InChI is InChI=1S/C27H33F2N9O2/c1-19(2)14-38-26(39)37(18-33-38)22-5-7-25(31-13-22)35-10-8-34(9-11-35)20(3)27(40,15-36-17-30-16-32-36)23-6-4-21(28)12-24(23)29/h4-7,12-13,16-20,40H,8-11,14-15H2,1-3H3/t20-,27-/m1/s1. The van der Waals surface area contributed by atoms with Gasteiger partial charge in [-0.05, 0) is 31.0 Å². The highest BCUT2D eigenvalue weighted by Crippen LogP contribution is 2.33. The van der Waals surface area contributed by atoms with Gasteiger partial charge in [-0.25, -0.2) is 37.5 Å². The van der Waals surface area contributed by atoms with E-state index < -0.39 is 23.3 Å². The monoisotopic (exact) mass is 553 g/mol. The van der Waals surface area contributed by atoms with E-state index in [2.05, 4.69) is 30.0 Å².